The molecule has 20 heavy (non-hydrogen) atoms. The molecule has 1 amide bonds. The second-order valence-corrected chi connectivity index (χ2v) is 8.64. The molecule has 0 aromatic rings. The number of rotatable bonds is 4. The number of hydrogen-bond donors (Lipinski definition) is 2. The van der Waals surface area contributed by atoms with Crippen molar-refractivity contribution in [3.8, 4) is 0 Å². The molecule has 0 aromatic heterocycles. The van der Waals surface area contributed by atoms with Gasteiger partial charge in [0.1, 0.15) is 0 Å². The van der Waals surface area contributed by atoms with Crippen molar-refractivity contribution in [2.24, 2.45) is 22.7 Å². The van der Waals surface area contributed by atoms with E-state index in [0.29, 0.717) is 11.8 Å². The van der Waals surface area contributed by atoms with Gasteiger partial charge in [-0.25, -0.2) is 0 Å². The molecule has 2 N–H and O–H groups in total. The van der Waals surface area contributed by atoms with Gasteiger partial charge in [0.25, 0.3) is 0 Å². The molecule has 3 nitrogen and oxygen atoms in total. The summed E-state index contributed by atoms with van der Waals surface area (Å²) in [6, 6.07) is 0. The van der Waals surface area contributed by atoms with Gasteiger partial charge >= 0.3 is 0 Å². The van der Waals surface area contributed by atoms with E-state index in [1.54, 1.807) is 0 Å². The van der Waals surface area contributed by atoms with E-state index >= 15 is 0 Å². The standard InChI is InChI=1S/C17H33NO2/c1-12(2)13-8-9-15(3,4)10-17(13,7)14(20)18-16(5,6)11-19/h12-13,19H,8-11H2,1-7H3,(H,18,20)/t13?,17-/m0/s1. The Morgan fingerprint density at radius 2 is 1.90 bits per heavy atom. The van der Waals surface area contributed by atoms with E-state index in [0.717, 1.165) is 12.8 Å². The topological polar surface area (TPSA) is 49.3 Å². The van der Waals surface area contributed by atoms with Crippen LogP contribution in [0, 0.1) is 22.7 Å². The van der Waals surface area contributed by atoms with Gasteiger partial charge in [-0.3, -0.25) is 4.79 Å². The Morgan fingerprint density at radius 3 is 2.35 bits per heavy atom. The summed E-state index contributed by atoms with van der Waals surface area (Å²) in [5.41, 5.74) is -0.688. The van der Waals surface area contributed by atoms with Crippen molar-refractivity contribution in [1.29, 1.82) is 0 Å². The monoisotopic (exact) mass is 283 g/mol. The fourth-order valence-electron chi connectivity index (χ4n) is 3.89. The first kappa shape index (κ1) is 17.5. The van der Waals surface area contributed by atoms with Crippen LogP contribution in [0.15, 0.2) is 0 Å². The maximum atomic E-state index is 12.9. The zero-order valence-corrected chi connectivity index (χ0v) is 14.3. The molecule has 1 fully saturated rings. The predicted molar refractivity (Wildman–Crippen MR) is 83.4 cm³/mol. The molecular formula is C17H33NO2. The molecule has 1 saturated carbocycles. The van der Waals surface area contributed by atoms with Crippen LogP contribution < -0.4 is 5.32 Å². The third-order valence-electron chi connectivity index (χ3n) is 4.97. The van der Waals surface area contributed by atoms with Crippen LogP contribution in [-0.4, -0.2) is 23.2 Å². The first-order valence-electron chi connectivity index (χ1n) is 7.87. The minimum Gasteiger partial charge on any atom is -0.394 e. The molecule has 0 aliphatic heterocycles. The highest BCUT2D eigenvalue weighted by atomic mass is 16.3. The Kier molecular flexibility index (Phi) is 4.95. The van der Waals surface area contributed by atoms with E-state index in [-0.39, 0.29) is 23.3 Å². The highest BCUT2D eigenvalue weighted by molar-refractivity contribution is 5.83. The maximum absolute atomic E-state index is 12.9. The van der Waals surface area contributed by atoms with Crippen molar-refractivity contribution >= 4 is 5.91 Å². The van der Waals surface area contributed by atoms with E-state index < -0.39 is 5.54 Å². The Hall–Kier alpha value is -0.570. The second-order valence-electron chi connectivity index (χ2n) is 8.64. The number of aliphatic hydroxyl groups excluding tert-OH is 1. The van der Waals surface area contributed by atoms with Gasteiger partial charge in [-0.15, -0.1) is 0 Å². The number of carbonyl (C=O) groups excluding carboxylic acids is 1. The summed E-state index contributed by atoms with van der Waals surface area (Å²) >= 11 is 0. The van der Waals surface area contributed by atoms with Crippen molar-refractivity contribution < 1.29 is 9.90 Å². The lowest BCUT2D eigenvalue weighted by Gasteiger charge is -2.49. The Morgan fingerprint density at radius 1 is 1.35 bits per heavy atom. The van der Waals surface area contributed by atoms with Crippen LogP contribution in [-0.2, 0) is 4.79 Å². The number of carbonyl (C=O) groups is 1. The molecule has 0 saturated heterocycles. The molecule has 1 rings (SSSR count). The number of hydrogen-bond acceptors (Lipinski definition) is 2. The normalized spacial score (nSPS) is 30.4. The summed E-state index contributed by atoms with van der Waals surface area (Å²) in [6.45, 7) is 14.8. The summed E-state index contributed by atoms with van der Waals surface area (Å²) in [6.07, 6.45) is 3.20. The molecule has 1 aliphatic rings. The summed E-state index contributed by atoms with van der Waals surface area (Å²) < 4.78 is 0. The molecule has 0 radical (unpaired) electrons. The van der Waals surface area contributed by atoms with Crippen LogP contribution >= 0.6 is 0 Å². The van der Waals surface area contributed by atoms with Gasteiger partial charge in [-0.05, 0) is 50.4 Å². The van der Waals surface area contributed by atoms with Crippen LogP contribution in [0.3, 0.4) is 0 Å². The molecule has 2 atom stereocenters. The summed E-state index contributed by atoms with van der Waals surface area (Å²) in [7, 11) is 0. The fraction of sp³-hybridized carbons (Fsp3) is 0.941. The van der Waals surface area contributed by atoms with Gasteiger partial charge in [0, 0.05) is 5.41 Å². The molecular weight excluding hydrogens is 250 g/mol. The van der Waals surface area contributed by atoms with Crippen LogP contribution in [0.2, 0.25) is 0 Å². The van der Waals surface area contributed by atoms with Crippen molar-refractivity contribution in [3.05, 3.63) is 0 Å². The van der Waals surface area contributed by atoms with Gasteiger partial charge in [0.15, 0.2) is 0 Å². The molecule has 3 heteroatoms. The minimum absolute atomic E-state index is 0.0371. The highest BCUT2D eigenvalue weighted by Crippen LogP contribution is 2.52. The predicted octanol–water partition coefficient (Wildman–Crippen LogP) is 3.36. The quantitative estimate of drug-likeness (QED) is 0.831. The third-order valence-corrected chi connectivity index (χ3v) is 4.97. The molecule has 118 valence electrons. The SMILES string of the molecule is CC(C)C1CCC(C)(C)C[C@]1(C)C(=O)NC(C)(C)CO. The number of amides is 1. The average Bonchev–Trinajstić information content (AvgIpc) is 2.26. The Labute approximate surface area is 124 Å². The van der Waals surface area contributed by atoms with Crippen molar-refractivity contribution in [2.75, 3.05) is 6.61 Å². The first-order chi connectivity index (χ1) is 8.93. The zero-order valence-electron chi connectivity index (χ0n) is 14.3. The van der Waals surface area contributed by atoms with E-state index in [4.69, 9.17) is 0 Å². The number of aliphatic hydroxyl groups is 1. The van der Waals surface area contributed by atoms with E-state index in [9.17, 15) is 9.90 Å². The zero-order chi connectivity index (χ0) is 15.8. The van der Waals surface area contributed by atoms with Crippen molar-refractivity contribution in [1.82, 2.24) is 5.32 Å². The lowest BCUT2D eigenvalue weighted by Crippen LogP contribution is -2.56. The Balaban J connectivity index is 3.02. The summed E-state index contributed by atoms with van der Waals surface area (Å²) in [5.74, 6) is 1.01. The average molecular weight is 283 g/mol. The molecule has 0 bridgehead atoms. The molecule has 0 aromatic carbocycles. The maximum Gasteiger partial charge on any atom is 0.226 e. The smallest absolute Gasteiger partial charge is 0.226 e. The van der Waals surface area contributed by atoms with Crippen molar-refractivity contribution in [2.45, 2.75) is 73.3 Å². The van der Waals surface area contributed by atoms with Crippen LogP contribution in [0.5, 0.6) is 0 Å². The summed E-state index contributed by atoms with van der Waals surface area (Å²) in [5, 5.41) is 12.4. The first-order valence-corrected chi connectivity index (χ1v) is 7.87. The number of nitrogens with one attached hydrogen (secondary N) is 1. The van der Waals surface area contributed by atoms with Gasteiger partial charge < -0.3 is 10.4 Å². The van der Waals surface area contributed by atoms with Crippen LogP contribution in [0.4, 0.5) is 0 Å². The van der Waals surface area contributed by atoms with Crippen molar-refractivity contribution in [3.63, 3.8) is 0 Å². The van der Waals surface area contributed by atoms with E-state index in [1.165, 1.54) is 6.42 Å². The molecule has 0 heterocycles. The molecule has 0 spiro atoms. The largest absolute Gasteiger partial charge is 0.394 e. The van der Waals surface area contributed by atoms with Crippen LogP contribution in [0.25, 0.3) is 0 Å². The lowest BCUT2D eigenvalue weighted by atomic mass is 9.56. The van der Waals surface area contributed by atoms with Crippen LogP contribution in [0.1, 0.15) is 67.7 Å². The van der Waals surface area contributed by atoms with Gasteiger partial charge in [0.2, 0.25) is 5.91 Å². The highest BCUT2D eigenvalue weighted by Gasteiger charge is 2.49. The van der Waals surface area contributed by atoms with Gasteiger partial charge in [0.05, 0.1) is 12.1 Å². The van der Waals surface area contributed by atoms with Gasteiger partial charge in [-0.2, -0.15) is 0 Å². The van der Waals surface area contributed by atoms with E-state index in [1.807, 2.05) is 13.8 Å². The fourth-order valence-corrected chi connectivity index (χ4v) is 3.89. The summed E-state index contributed by atoms with van der Waals surface area (Å²) in [4.78, 5) is 12.9. The minimum atomic E-state index is -0.552. The molecule has 1 unspecified atom stereocenters. The molecule has 1 aliphatic carbocycles. The van der Waals surface area contributed by atoms with Gasteiger partial charge in [-0.1, -0.05) is 34.6 Å². The van der Waals surface area contributed by atoms with E-state index in [2.05, 4.69) is 39.9 Å². The Bertz CT molecular complexity index is 360. The second kappa shape index (κ2) is 5.67. The lowest BCUT2D eigenvalue weighted by molar-refractivity contribution is -0.142. The third kappa shape index (κ3) is 3.75.